The minimum Gasteiger partial charge on any atom is -0.480 e. The predicted molar refractivity (Wildman–Crippen MR) is 93.5 cm³/mol. The summed E-state index contributed by atoms with van der Waals surface area (Å²) in [6.07, 6.45) is 1.11. The lowest BCUT2D eigenvalue weighted by Gasteiger charge is -2.28. The number of thioether (sulfide) groups is 1. The Bertz CT molecular complexity index is 577. The average molecular weight is 335 g/mol. The maximum absolute atomic E-state index is 12.4. The lowest BCUT2D eigenvalue weighted by molar-refractivity contribution is -0.149. The number of hydrogen-bond acceptors (Lipinski definition) is 3. The maximum atomic E-state index is 12.4. The fourth-order valence-corrected chi connectivity index (χ4v) is 4.19. The highest BCUT2D eigenvalue weighted by molar-refractivity contribution is 7.99. The van der Waals surface area contributed by atoms with Crippen LogP contribution < -0.4 is 0 Å². The largest absolute Gasteiger partial charge is 0.480 e. The van der Waals surface area contributed by atoms with Gasteiger partial charge in [0.1, 0.15) is 11.4 Å². The van der Waals surface area contributed by atoms with Crippen molar-refractivity contribution in [3.05, 3.63) is 35.4 Å². The van der Waals surface area contributed by atoms with Crippen LogP contribution in [-0.2, 0) is 15.0 Å². The molecule has 1 saturated heterocycles. The maximum Gasteiger partial charge on any atom is 0.327 e. The van der Waals surface area contributed by atoms with Crippen molar-refractivity contribution < 1.29 is 14.7 Å². The fourth-order valence-electron chi connectivity index (χ4n) is 2.75. The first-order valence-corrected chi connectivity index (χ1v) is 9.06. The topological polar surface area (TPSA) is 57.6 Å². The molecule has 1 aliphatic rings. The van der Waals surface area contributed by atoms with Crippen molar-refractivity contribution >= 4 is 23.6 Å². The van der Waals surface area contributed by atoms with Gasteiger partial charge in [-0.1, -0.05) is 52.0 Å². The van der Waals surface area contributed by atoms with Crippen molar-refractivity contribution in [2.45, 2.75) is 57.4 Å². The van der Waals surface area contributed by atoms with Crippen molar-refractivity contribution in [3.63, 3.8) is 0 Å². The van der Waals surface area contributed by atoms with E-state index < -0.39 is 12.0 Å². The lowest BCUT2D eigenvalue weighted by Crippen LogP contribution is -2.42. The molecule has 0 aromatic heterocycles. The number of nitrogens with zero attached hydrogens (tertiary/aromatic N) is 1. The van der Waals surface area contributed by atoms with Gasteiger partial charge in [-0.05, 0) is 23.0 Å². The number of carboxylic acid groups (broad SMARTS) is 1. The van der Waals surface area contributed by atoms with Crippen LogP contribution in [0.15, 0.2) is 24.3 Å². The van der Waals surface area contributed by atoms with Gasteiger partial charge in [-0.25, -0.2) is 4.79 Å². The Morgan fingerprint density at radius 2 is 1.87 bits per heavy atom. The van der Waals surface area contributed by atoms with Crippen LogP contribution in [-0.4, -0.2) is 33.7 Å². The van der Waals surface area contributed by atoms with Crippen molar-refractivity contribution in [2.24, 2.45) is 0 Å². The van der Waals surface area contributed by atoms with Crippen molar-refractivity contribution in [3.8, 4) is 0 Å². The number of amides is 1. The van der Waals surface area contributed by atoms with Crippen molar-refractivity contribution in [1.29, 1.82) is 0 Å². The smallest absolute Gasteiger partial charge is 0.327 e. The molecule has 1 N–H and O–H groups in total. The summed E-state index contributed by atoms with van der Waals surface area (Å²) < 4.78 is 0. The monoisotopic (exact) mass is 335 g/mol. The molecule has 0 aliphatic carbocycles. The van der Waals surface area contributed by atoms with E-state index >= 15 is 0 Å². The molecule has 1 aromatic rings. The highest BCUT2D eigenvalue weighted by Gasteiger charge is 2.41. The van der Waals surface area contributed by atoms with Gasteiger partial charge >= 0.3 is 5.97 Å². The average Bonchev–Trinajstić information content (AvgIpc) is 2.91. The number of aliphatic carboxylic acids is 1. The molecule has 126 valence electrons. The van der Waals surface area contributed by atoms with E-state index in [-0.39, 0.29) is 16.7 Å². The highest BCUT2D eigenvalue weighted by atomic mass is 32.2. The molecule has 1 amide bonds. The van der Waals surface area contributed by atoms with Gasteiger partial charge < -0.3 is 10.0 Å². The summed E-state index contributed by atoms with van der Waals surface area (Å²) in [6, 6.07) is 7.47. The van der Waals surface area contributed by atoms with Gasteiger partial charge in [0.05, 0.1) is 0 Å². The zero-order valence-corrected chi connectivity index (χ0v) is 15.0. The van der Waals surface area contributed by atoms with Gasteiger partial charge in [-0.3, -0.25) is 4.79 Å². The van der Waals surface area contributed by atoms with Gasteiger partial charge in [-0.15, -0.1) is 11.8 Å². The normalized spacial score (nSPS) is 21.5. The predicted octanol–water partition coefficient (Wildman–Crippen LogP) is 3.81. The van der Waals surface area contributed by atoms with E-state index in [2.05, 4.69) is 32.9 Å². The summed E-state index contributed by atoms with van der Waals surface area (Å²) in [7, 11) is 0. The Labute approximate surface area is 142 Å². The molecule has 4 nitrogen and oxygen atoms in total. The summed E-state index contributed by atoms with van der Waals surface area (Å²) in [6.45, 7) is 8.40. The number of hydrogen-bond donors (Lipinski definition) is 1. The van der Waals surface area contributed by atoms with Gasteiger partial charge in [-0.2, -0.15) is 0 Å². The summed E-state index contributed by atoms with van der Waals surface area (Å²) in [4.78, 5) is 25.5. The first kappa shape index (κ1) is 17.9. The molecular formula is C18H25NO3S. The molecule has 23 heavy (non-hydrogen) atoms. The number of rotatable bonds is 4. The SMILES string of the molecule is CCCC(=O)N1C(C(=O)O)CSC1c1ccc(C(C)(C)C)cc1. The molecule has 5 heteroatoms. The van der Waals surface area contributed by atoms with Gasteiger partial charge in [0.25, 0.3) is 0 Å². The van der Waals surface area contributed by atoms with Crippen LogP contribution in [0.1, 0.15) is 57.0 Å². The second kappa shape index (κ2) is 6.95. The third-order valence-corrected chi connectivity index (χ3v) is 5.42. The summed E-state index contributed by atoms with van der Waals surface area (Å²) in [5.74, 6) is -0.554. The van der Waals surface area contributed by atoms with E-state index in [1.54, 1.807) is 4.90 Å². The molecule has 0 radical (unpaired) electrons. The van der Waals surface area contributed by atoms with Crippen LogP contribution in [0.4, 0.5) is 0 Å². The van der Waals surface area contributed by atoms with E-state index in [1.165, 1.54) is 17.3 Å². The Hall–Kier alpha value is -1.49. The van der Waals surface area contributed by atoms with E-state index in [0.717, 1.165) is 12.0 Å². The Morgan fingerprint density at radius 3 is 2.35 bits per heavy atom. The van der Waals surface area contributed by atoms with E-state index in [9.17, 15) is 14.7 Å². The van der Waals surface area contributed by atoms with E-state index in [4.69, 9.17) is 0 Å². The number of carboxylic acids is 1. The van der Waals surface area contributed by atoms with Gasteiger partial charge in [0.15, 0.2) is 0 Å². The number of benzene rings is 1. The summed E-state index contributed by atoms with van der Waals surface area (Å²) >= 11 is 1.53. The number of carbonyl (C=O) groups is 2. The Balaban J connectivity index is 2.29. The van der Waals surface area contributed by atoms with E-state index in [0.29, 0.717) is 12.2 Å². The third kappa shape index (κ3) is 3.89. The van der Waals surface area contributed by atoms with Crippen LogP contribution in [0.3, 0.4) is 0 Å². The molecule has 1 aliphatic heterocycles. The molecule has 2 rings (SSSR count). The molecule has 0 spiro atoms. The Kier molecular flexibility index (Phi) is 5.40. The summed E-state index contributed by atoms with van der Waals surface area (Å²) in [5.41, 5.74) is 2.30. The first-order valence-electron chi connectivity index (χ1n) is 8.01. The second-order valence-electron chi connectivity index (χ2n) is 6.96. The summed E-state index contributed by atoms with van der Waals surface area (Å²) in [5, 5.41) is 9.20. The lowest BCUT2D eigenvalue weighted by atomic mass is 9.86. The molecule has 0 saturated carbocycles. The van der Waals surface area contributed by atoms with Crippen molar-refractivity contribution in [2.75, 3.05) is 5.75 Å². The molecule has 0 bridgehead atoms. The second-order valence-corrected chi connectivity index (χ2v) is 8.08. The quantitative estimate of drug-likeness (QED) is 0.909. The van der Waals surface area contributed by atoms with Crippen LogP contribution in [0, 0.1) is 0 Å². The van der Waals surface area contributed by atoms with Crippen LogP contribution in [0.2, 0.25) is 0 Å². The highest BCUT2D eigenvalue weighted by Crippen LogP contribution is 2.42. The third-order valence-electron chi connectivity index (χ3n) is 4.10. The van der Waals surface area contributed by atoms with Crippen LogP contribution in [0.25, 0.3) is 0 Å². The molecular weight excluding hydrogens is 310 g/mol. The van der Waals surface area contributed by atoms with Crippen LogP contribution >= 0.6 is 11.8 Å². The molecule has 1 fully saturated rings. The minimum atomic E-state index is -0.921. The molecule has 2 unspecified atom stereocenters. The molecule has 2 atom stereocenters. The van der Waals surface area contributed by atoms with Crippen LogP contribution in [0.5, 0.6) is 0 Å². The van der Waals surface area contributed by atoms with Gasteiger partial charge in [0, 0.05) is 12.2 Å². The zero-order valence-electron chi connectivity index (χ0n) is 14.2. The Morgan fingerprint density at radius 1 is 1.26 bits per heavy atom. The van der Waals surface area contributed by atoms with Gasteiger partial charge in [0.2, 0.25) is 5.91 Å². The zero-order chi connectivity index (χ0) is 17.2. The van der Waals surface area contributed by atoms with E-state index in [1.807, 2.05) is 19.1 Å². The first-order chi connectivity index (χ1) is 10.8. The van der Waals surface area contributed by atoms with Crippen molar-refractivity contribution in [1.82, 2.24) is 4.90 Å². The molecule has 1 aromatic carbocycles. The molecule has 1 heterocycles. The minimum absolute atomic E-state index is 0.0721. The fraction of sp³-hybridized carbons (Fsp3) is 0.556. The number of carbonyl (C=O) groups excluding carboxylic acids is 1. The standard InChI is InChI=1S/C18H25NO3S/c1-5-6-15(20)19-14(17(21)22)11-23-16(19)12-7-9-13(10-8-12)18(2,3)4/h7-10,14,16H,5-6,11H2,1-4H3,(H,21,22).